The molecule has 110 valence electrons. The minimum atomic E-state index is 0.324. The molecule has 1 aromatic heterocycles. The Bertz CT molecular complexity index is 360. The van der Waals surface area contributed by atoms with Gasteiger partial charge in [0.05, 0.1) is 19.0 Å². The van der Waals surface area contributed by atoms with Crippen molar-refractivity contribution in [2.45, 2.75) is 46.6 Å². The minimum absolute atomic E-state index is 0.324. The Labute approximate surface area is 117 Å². The first-order valence-electron chi connectivity index (χ1n) is 7.32. The van der Waals surface area contributed by atoms with Crippen LogP contribution in [-0.2, 0) is 4.74 Å². The lowest BCUT2D eigenvalue weighted by atomic mass is 9.92. The second kappa shape index (κ2) is 7.65. The average molecular weight is 267 g/mol. The molecule has 0 saturated heterocycles. The summed E-state index contributed by atoms with van der Waals surface area (Å²) in [4.78, 5) is 4.34. The lowest BCUT2D eigenvalue weighted by Crippen LogP contribution is -2.27. The predicted molar refractivity (Wildman–Crippen MR) is 79.2 cm³/mol. The monoisotopic (exact) mass is 267 g/mol. The van der Waals surface area contributed by atoms with Gasteiger partial charge in [0.2, 0.25) is 0 Å². The third kappa shape index (κ3) is 4.05. The van der Waals surface area contributed by atoms with Crippen molar-refractivity contribution in [3.8, 4) is 0 Å². The first-order chi connectivity index (χ1) is 9.02. The van der Waals surface area contributed by atoms with Crippen LogP contribution in [0.4, 0.5) is 0 Å². The van der Waals surface area contributed by atoms with E-state index >= 15 is 0 Å². The molecule has 0 radical (unpaired) electrons. The maximum atomic E-state index is 5.94. The highest BCUT2D eigenvalue weighted by molar-refractivity contribution is 5.10. The van der Waals surface area contributed by atoms with E-state index in [1.165, 1.54) is 5.69 Å². The zero-order valence-electron chi connectivity index (χ0n) is 13.0. The molecule has 1 rings (SSSR count). The van der Waals surface area contributed by atoms with Gasteiger partial charge < -0.3 is 15.0 Å². The first-order valence-corrected chi connectivity index (χ1v) is 7.32. The summed E-state index contributed by atoms with van der Waals surface area (Å²) in [5.41, 5.74) is 7.17. The Balaban J connectivity index is 3.01. The summed E-state index contributed by atoms with van der Waals surface area (Å²) < 4.78 is 7.89. The Morgan fingerprint density at radius 2 is 1.95 bits per heavy atom. The predicted octanol–water partition coefficient (Wildman–Crippen LogP) is 2.82. The zero-order valence-corrected chi connectivity index (χ0v) is 13.0. The van der Waals surface area contributed by atoms with E-state index in [0.717, 1.165) is 13.2 Å². The number of nitrogens with two attached hydrogens (primary N) is 1. The molecule has 2 atom stereocenters. The van der Waals surface area contributed by atoms with E-state index in [9.17, 15) is 0 Å². The van der Waals surface area contributed by atoms with Crippen LogP contribution in [0, 0.1) is 11.8 Å². The lowest BCUT2D eigenvalue weighted by molar-refractivity contribution is 0.0946. The number of aromatic nitrogens is 2. The number of rotatable bonds is 8. The molecule has 0 amide bonds. The third-order valence-electron chi connectivity index (χ3n) is 3.75. The fraction of sp³-hybridized carbons (Fsp3) is 0.800. The maximum Gasteiger partial charge on any atom is 0.0951 e. The van der Waals surface area contributed by atoms with Gasteiger partial charge in [-0.2, -0.15) is 0 Å². The minimum Gasteiger partial charge on any atom is -0.380 e. The van der Waals surface area contributed by atoms with E-state index in [0.29, 0.717) is 30.3 Å². The van der Waals surface area contributed by atoms with Crippen molar-refractivity contribution in [3.05, 3.63) is 18.2 Å². The van der Waals surface area contributed by atoms with E-state index < -0.39 is 0 Å². The van der Waals surface area contributed by atoms with Gasteiger partial charge in [0.15, 0.2) is 0 Å². The Morgan fingerprint density at radius 3 is 2.42 bits per heavy atom. The summed E-state index contributed by atoms with van der Waals surface area (Å²) in [7, 11) is 0. The van der Waals surface area contributed by atoms with Crippen molar-refractivity contribution >= 4 is 0 Å². The largest absolute Gasteiger partial charge is 0.380 e. The van der Waals surface area contributed by atoms with Crippen LogP contribution < -0.4 is 5.73 Å². The Morgan fingerprint density at radius 1 is 1.26 bits per heavy atom. The van der Waals surface area contributed by atoms with Gasteiger partial charge in [-0.3, -0.25) is 0 Å². The number of imidazole rings is 1. The topological polar surface area (TPSA) is 53.1 Å². The second-order valence-electron chi connectivity index (χ2n) is 5.78. The van der Waals surface area contributed by atoms with Gasteiger partial charge >= 0.3 is 0 Å². The second-order valence-corrected chi connectivity index (χ2v) is 5.78. The van der Waals surface area contributed by atoms with Crippen LogP contribution >= 0.6 is 0 Å². The number of ether oxygens (including phenoxy) is 1. The molecule has 0 spiro atoms. The Kier molecular flexibility index (Phi) is 6.52. The van der Waals surface area contributed by atoms with Crippen molar-refractivity contribution < 1.29 is 4.74 Å². The molecule has 4 heteroatoms. The van der Waals surface area contributed by atoms with Gasteiger partial charge in [-0.05, 0) is 18.8 Å². The molecule has 0 aliphatic carbocycles. The fourth-order valence-electron chi connectivity index (χ4n) is 2.45. The van der Waals surface area contributed by atoms with Crippen molar-refractivity contribution in [2.75, 3.05) is 19.8 Å². The van der Waals surface area contributed by atoms with E-state index in [1.54, 1.807) is 0 Å². The van der Waals surface area contributed by atoms with Crippen molar-refractivity contribution in [1.82, 2.24) is 9.55 Å². The standard InChI is InChI=1S/C15H29N3O/c1-6-19-9-15(12(4)5)18-10-17-8-14(18)13(7-16)11(2)3/h8,10-13,15H,6-7,9,16H2,1-5H3. The molecule has 0 bridgehead atoms. The SMILES string of the molecule is CCOCC(C(C)C)n1cncc1C(CN)C(C)C. The molecule has 19 heavy (non-hydrogen) atoms. The molecule has 2 unspecified atom stereocenters. The van der Waals surface area contributed by atoms with Gasteiger partial charge in [-0.1, -0.05) is 27.7 Å². The number of nitrogens with zero attached hydrogens (tertiary/aromatic N) is 2. The molecule has 2 N–H and O–H groups in total. The maximum absolute atomic E-state index is 5.94. The highest BCUT2D eigenvalue weighted by atomic mass is 16.5. The van der Waals surface area contributed by atoms with Crippen LogP contribution in [0.2, 0.25) is 0 Å². The molecular formula is C15H29N3O. The molecule has 0 saturated carbocycles. The van der Waals surface area contributed by atoms with Crippen molar-refractivity contribution in [1.29, 1.82) is 0 Å². The lowest BCUT2D eigenvalue weighted by Gasteiger charge is -2.28. The summed E-state index contributed by atoms with van der Waals surface area (Å²) in [6.45, 7) is 13.0. The zero-order chi connectivity index (χ0) is 14.4. The fourth-order valence-corrected chi connectivity index (χ4v) is 2.45. The van der Waals surface area contributed by atoms with Crippen LogP contribution in [0.5, 0.6) is 0 Å². The van der Waals surface area contributed by atoms with E-state index in [4.69, 9.17) is 10.5 Å². The summed E-state index contributed by atoms with van der Waals surface area (Å²) in [6.07, 6.45) is 3.88. The van der Waals surface area contributed by atoms with Gasteiger partial charge in [0, 0.05) is 31.0 Å². The van der Waals surface area contributed by atoms with Crippen LogP contribution in [0.25, 0.3) is 0 Å². The van der Waals surface area contributed by atoms with Crippen molar-refractivity contribution in [3.63, 3.8) is 0 Å². The van der Waals surface area contributed by atoms with E-state index in [-0.39, 0.29) is 0 Å². The van der Waals surface area contributed by atoms with E-state index in [1.807, 2.05) is 19.4 Å². The number of hydrogen-bond donors (Lipinski definition) is 1. The van der Waals surface area contributed by atoms with E-state index in [2.05, 4.69) is 37.2 Å². The average Bonchev–Trinajstić information content (AvgIpc) is 2.79. The molecule has 0 aliphatic heterocycles. The highest BCUT2D eigenvalue weighted by Gasteiger charge is 2.24. The van der Waals surface area contributed by atoms with Gasteiger partial charge in [0.1, 0.15) is 0 Å². The summed E-state index contributed by atoms with van der Waals surface area (Å²) in [6, 6.07) is 0.324. The molecule has 0 fully saturated rings. The summed E-state index contributed by atoms with van der Waals surface area (Å²) in [5.74, 6) is 1.37. The van der Waals surface area contributed by atoms with Crippen LogP contribution in [-0.4, -0.2) is 29.3 Å². The van der Waals surface area contributed by atoms with Crippen LogP contribution in [0.1, 0.15) is 52.3 Å². The molecule has 4 nitrogen and oxygen atoms in total. The molecule has 0 aliphatic rings. The van der Waals surface area contributed by atoms with Crippen molar-refractivity contribution in [2.24, 2.45) is 17.6 Å². The van der Waals surface area contributed by atoms with Gasteiger partial charge in [-0.15, -0.1) is 0 Å². The molecular weight excluding hydrogens is 238 g/mol. The van der Waals surface area contributed by atoms with Gasteiger partial charge in [0.25, 0.3) is 0 Å². The smallest absolute Gasteiger partial charge is 0.0951 e. The van der Waals surface area contributed by atoms with Crippen LogP contribution in [0.15, 0.2) is 12.5 Å². The van der Waals surface area contributed by atoms with Gasteiger partial charge in [-0.25, -0.2) is 4.98 Å². The molecule has 1 aromatic rings. The normalized spacial score (nSPS) is 15.2. The first kappa shape index (κ1) is 16.2. The molecule has 1 heterocycles. The summed E-state index contributed by atoms with van der Waals surface area (Å²) in [5, 5.41) is 0. The molecule has 0 aromatic carbocycles. The third-order valence-corrected chi connectivity index (χ3v) is 3.75. The summed E-state index contributed by atoms with van der Waals surface area (Å²) >= 11 is 0. The highest BCUT2D eigenvalue weighted by Crippen LogP contribution is 2.28. The quantitative estimate of drug-likeness (QED) is 0.788. The Hall–Kier alpha value is -0.870. The number of hydrogen-bond acceptors (Lipinski definition) is 3. The van der Waals surface area contributed by atoms with Crippen LogP contribution in [0.3, 0.4) is 0 Å².